The largest absolute Gasteiger partial charge is 0.436 e. The van der Waals surface area contributed by atoms with Gasteiger partial charge in [-0.1, -0.05) is 18.2 Å². The summed E-state index contributed by atoms with van der Waals surface area (Å²) in [6.07, 6.45) is 0. The van der Waals surface area contributed by atoms with Crippen LogP contribution in [0.15, 0.2) is 46.9 Å². The average molecular weight is 392 g/mol. The van der Waals surface area contributed by atoms with Gasteiger partial charge in [-0.2, -0.15) is 8.42 Å². The van der Waals surface area contributed by atoms with E-state index in [0.29, 0.717) is 28.2 Å². The molecule has 0 saturated heterocycles. The van der Waals surface area contributed by atoms with Gasteiger partial charge in [0.2, 0.25) is 5.89 Å². The molecule has 0 fully saturated rings. The van der Waals surface area contributed by atoms with Crippen molar-refractivity contribution in [3.8, 4) is 11.5 Å². The summed E-state index contributed by atoms with van der Waals surface area (Å²) in [5, 5.41) is 0. The van der Waals surface area contributed by atoms with Crippen molar-refractivity contribution in [1.29, 1.82) is 0 Å². The molecule has 144 valence electrons. The molecule has 1 heterocycles. The molecule has 0 aliphatic rings. The Morgan fingerprint density at radius 3 is 2.59 bits per heavy atom. The second-order valence-corrected chi connectivity index (χ2v) is 8.07. The van der Waals surface area contributed by atoms with Crippen molar-refractivity contribution in [2.75, 3.05) is 18.1 Å². The highest BCUT2D eigenvalue weighted by molar-refractivity contribution is 7.85. The molecular weight excluding hydrogens is 372 g/mol. The van der Waals surface area contributed by atoms with Crippen molar-refractivity contribution in [2.45, 2.75) is 19.4 Å². The maximum Gasteiger partial charge on any atom is 0.267 e. The summed E-state index contributed by atoms with van der Waals surface area (Å²) in [7, 11) is -4.12. The maximum absolute atomic E-state index is 10.7. The zero-order chi connectivity index (χ0) is 19.7. The molecule has 0 aliphatic carbocycles. The molecule has 3 rings (SSSR count). The molecule has 0 bridgehead atoms. The molecule has 2 aromatic carbocycles. The number of oxazole rings is 1. The smallest absolute Gasteiger partial charge is 0.267 e. The molecular formula is C18H20N2O6S. The van der Waals surface area contributed by atoms with Crippen molar-refractivity contribution >= 4 is 26.9 Å². The predicted octanol–water partition coefficient (Wildman–Crippen LogP) is 3.15. The minimum atomic E-state index is -4.12. The van der Waals surface area contributed by atoms with Crippen LogP contribution in [0.1, 0.15) is 19.4 Å². The van der Waals surface area contributed by atoms with E-state index >= 15 is 0 Å². The van der Waals surface area contributed by atoms with Gasteiger partial charge in [-0.25, -0.2) is 14.8 Å². The Morgan fingerprint density at radius 1 is 1.22 bits per heavy atom. The van der Waals surface area contributed by atoms with Gasteiger partial charge in [-0.3, -0.25) is 4.55 Å². The van der Waals surface area contributed by atoms with Crippen LogP contribution in [0, 0.1) is 0 Å². The normalized spacial score (nSPS) is 12.6. The van der Waals surface area contributed by atoms with Gasteiger partial charge in [0.05, 0.1) is 6.61 Å². The maximum atomic E-state index is 10.7. The third kappa shape index (κ3) is 4.64. The number of nitrogens with zero attached hydrogens (tertiary/aromatic N) is 1. The molecule has 0 saturated carbocycles. The molecule has 0 amide bonds. The minimum Gasteiger partial charge on any atom is -0.436 e. The molecule has 0 atom stereocenters. The number of anilines is 1. The lowest BCUT2D eigenvalue weighted by molar-refractivity contribution is -0.355. The summed E-state index contributed by atoms with van der Waals surface area (Å²) in [5.74, 6) is -0.0922. The number of nitrogen functional groups attached to an aromatic ring is 1. The van der Waals surface area contributed by atoms with E-state index in [1.807, 2.05) is 30.3 Å². The first-order valence-electron chi connectivity index (χ1n) is 8.17. The van der Waals surface area contributed by atoms with Crippen LogP contribution < -0.4 is 5.73 Å². The fraction of sp³-hybridized carbons (Fsp3) is 0.278. The van der Waals surface area contributed by atoms with Crippen LogP contribution in [-0.4, -0.2) is 30.3 Å². The lowest BCUT2D eigenvalue weighted by atomic mass is 9.96. The average Bonchev–Trinajstić information content (AvgIpc) is 3.01. The van der Waals surface area contributed by atoms with Gasteiger partial charge in [0.25, 0.3) is 10.1 Å². The summed E-state index contributed by atoms with van der Waals surface area (Å²) < 4.78 is 36.0. The van der Waals surface area contributed by atoms with E-state index in [4.69, 9.17) is 24.5 Å². The second-order valence-electron chi connectivity index (χ2n) is 6.49. The van der Waals surface area contributed by atoms with Gasteiger partial charge in [-0.15, -0.1) is 0 Å². The Morgan fingerprint density at radius 2 is 1.93 bits per heavy atom. The van der Waals surface area contributed by atoms with E-state index in [1.54, 1.807) is 26.0 Å². The van der Waals surface area contributed by atoms with Crippen LogP contribution >= 0.6 is 0 Å². The SMILES string of the molecule is CC(C)(OOCCS(=O)(=O)O)c1cc2oc(-c3ccccc3)nc2cc1N. The van der Waals surface area contributed by atoms with Gasteiger partial charge in [0.15, 0.2) is 5.58 Å². The zero-order valence-electron chi connectivity index (χ0n) is 14.9. The van der Waals surface area contributed by atoms with Crippen LogP contribution in [0.2, 0.25) is 0 Å². The Balaban J connectivity index is 1.84. The van der Waals surface area contributed by atoms with Crippen LogP contribution in [0.4, 0.5) is 5.69 Å². The first-order valence-corrected chi connectivity index (χ1v) is 9.78. The number of nitrogens with two attached hydrogens (primary N) is 1. The van der Waals surface area contributed by atoms with E-state index in [2.05, 4.69) is 4.98 Å². The summed E-state index contributed by atoms with van der Waals surface area (Å²) in [5.41, 5.74) is 8.17. The highest BCUT2D eigenvalue weighted by Crippen LogP contribution is 2.34. The number of aromatic nitrogens is 1. The summed E-state index contributed by atoms with van der Waals surface area (Å²) in [6, 6.07) is 12.9. The van der Waals surface area contributed by atoms with E-state index < -0.39 is 21.5 Å². The molecule has 3 aromatic rings. The second kappa shape index (κ2) is 7.28. The lowest BCUT2D eigenvalue weighted by Gasteiger charge is -2.25. The Kier molecular flexibility index (Phi) is 5.20. The monoisotopic (exact) mass is 392 g/mol. The van der Waals surface area contributed by atoms with Gasteiger partial charge < -0.3 is 10.2 Å². The Bertz CT molecular complexity index is 1040. The fourth-order valence-corrected chi connectivity index (χ4v) is 2.87. The van der Waals surface area contributed by atoms with Crippen LogP contribution in [0.3, 0.4) is 0 Å². The number of hydrogen-bond acceptors (Lipinski definition) is 7. The predicted molar refractivity (Wildman–Crippen MR) is 100 cm³/mol. The fourth-order valence-electron chi connectivity index (χ4n) is 2.59. The molecule has 3 N–H and O–H groups in total. The van der Waals surface area contributed by atoms with Gasteiger partial charge in [-0.05, 0) is 38.1 Å². The third-order valence-corrected chi connectivity index (χ3v) is 4.60. The summed E-state index contributed by atoms with van der Waals surface area (Å²) in [4.78, 5) is 14.7. The van der Waals surface area contributed by atoms with E-state index in [-0.39, 0.29) is 6.61 Å². The van der Waals surface area contributed by atoms with Crippen LogP contribution in [0.5, 0.6) is 0 Å². The highest BCUT2D eigenvalue weighted by atomic mass is 32.2. The van der Waals surface area contributed by atoms with Gasteiger partial charge >= 0.3 is 0 Å². The highest BCUT2D eigenvalue weighted by Gasteiger charge is 2.27. The van der Waals surface area contributed by atoms with E-state index in [1.165, 1.54) is 0 Å². The minimum absolute atomic E-state index is 0.315. The number of benzene rings is 2. The molecule has 0 unspecified atom stereocenters. The number of fused-ring (bicyclic) bond motifs is 1. The number of hydrogen-bond donors (Lipinski definition) is 2. The third-order valence-electron chi connectivity index (χ3n) is 3.92. The summed E-state index contributed by atoms with van der Waals surface area (Å²) >= 11 is 0. The molecule has 1 aromatic heterocycles. The van der Waals surface area contributed by atoms with Crippen molar-refractivity contribution in [2.24, 2.45) is 0 Å². The molecule has 0 radical (unpaired) electrons. The molecule has 27 heavy (non-hydrogen) atoms. The molecule has 0 spiro atoms. The van der Waals surface area contributed by atoms with Crippen LogP contribution in [-0.2, 0) is 25.5 Å². The topological polar surface area (TPSA) is 125 Å². The van der Waals surface area contributed by atoms with E-state index in [0.717, 1.165) is 5.56 Å². The molecule has 9 heteroatoms. The number of rotatable bonds is 7. The first-order chi connectivity index (χ1) is 12.7. The first kappa shape index (κ1) is 19.3. The summed E-state index contributed by atoms with van der Waals surface area (Å²) in [6.45, 7) is 3.11. The molecule has 8 nitrogen and oxygen atoms in total. The van der Waals surface area contributed by atoms with E-state index in [9.17, 15) is 8.42 Å². The quantitative estimate of drug-likeness (QED) is 0.206. The van der Waals surface area contributed by atoms with Crippen molar-refractivity contribution in [1.82, 2.24) is 4.98 Å². The van der Waals surface area contributed by atoms with Gasteiger partial charge in [0.1, 0.15) is 16.9 Å². The van der Waals surface area contributed by atoms with Crippen molar-refractivity contribution < 1.29 is 27.2 Å². The molecule has 0 aliphatic heterocycles. The standard InChI is InChI=1S/C18H20N2O6S/c1-18(2,26-24-8-9-27(21,22)23)13-10-16-15(11-14(13)19)20-17(25-16)12-6-4-3-5-7-12/h3-7,10-11H,8-9,19H2,1-2H3,(H,21,22,23). The Hall–Kier alpha value is -2.46. The van der Waals surface area contributed by atoms with Crippen LogP contribution in [0.25, 0.3) is 22.6 Å². The lowest BCUT2D eigenvalue weighted by Crippen LogP contribution is -2.25. The van der Waals surface area contributed by atoms with Crippen molar-refractivity contribution in [3.05, 3.63) is 48.0 Å². The Labute approximate surface area is 156 Å². The zero-order valence-corrected chi connectivity index (χ0v) is 15.7. The van der Waals surface area contributed by atoms with Gasteiger partial charge in [0, 0.05) is 16.8 Å². The van der Waals surface area contributed by atoms with Crippen molar-refractivity contribution in [3.63, 3.8) is 0 Å².